The summed E-state index contributed by atoms with van der Waals surface area (Å²) in [7, 11) is -3.86. The Balaban J connectivity index is 1.55. The largest absolute Gasteiger partial charge is 0.493 e. The Kier molecular flexibility index (Phi) is 9.39. The zero-order valence-corrected chi connectivity index (χ0v) is 25.4. The van der Waals surface area contributed by atoms with Crippen molar-refractivity contribution in [2.45, 2.75) is 38.1 Å². The Bertz CT molecular complexity index is 1810. The number of rotatable bonds is 12. The number of nitrogens with zero attached hydrogens (tertiary/aromatic N) is 6. The number of hydrogen-bond donors (Lipinski definition) is 2. The van der Waals surface area contributed by atoms with Gasteiger partial charge in [0.05, 0.1) is 40.8 Å². The number of nitro groups is 1. The van der Waals surface area contributed by atoms with E-state index < -0.39 is 20.5 Å². The summed E-state index contributed by atoms with van der Waals surface area (Å²) in [5, 5.41) is 24.8. The van der Waals surface area contributed by atoms with Crippen LogP contribution in [-0.4, -0.2) is 93.3 Å². The predicted molar refractivity (Wildman–Crippen MR) is 163 cm³/mol. The van der Waals surface area contributed by atoms with Crippen LogP contribution in [0.2, 0.25) is 0 Å². The van der Waals surface area contributed by atoms with Crippen LogP contribution in [0.4, 0.5) is 5.69 Å². The number of hydrogen-bond acceptors (Lipinski definition) is 10. The summed E-state index contributed by atoms with van der Waals surface area (Å²) in [6.07, 6.45) is 1.31. The van der Waals surface area contributed by atoms with E-state index in [2.05, 4.69) is 10.1 Å². The zero-order chi connectivity index (χ0) is 31.4. The summed E-state index contributed by atoms with van der Waals surface area (Å²) < 4.78 is 36.2. The van der Waals surface area contributed by atoms with Gasteiger partial charge in [0.15, 0.2) is 5.52 Å². The predicted octanol–water partition coefficient (Wildman–Crippen LogP) is 2.39. The molecule has 0 spiro atoms. The van der Waals surface area contributed by atoms with Gasteiger partial charge in [-0.15, -0.1) is 0 Å². The smallest absolute Gasteiger partial charge is 0.279 e. The van der Waals surface area contributed by atoms with E-state index in [-0.39, 0.29) is 35.1 Å². The molecule has 1 saturated heterocycles. The second-order valence-corrected chi connectivity index (χ2v) is 12.4. The number of H-pyrrole nitrogens is 1. The van der Waals surface area contributed by atoms with Crippen molar-refractivity contribution in [1.82, 2.24) is 29.0 Å². The van der Waals surface area contributed by atoms with E-state index in [0.717, 1.165) is 17.7 Å². The van der Waals surface area contributed by atoms with Gasteiger partial charge in [-0.2, -0.15) is 9.40 Å². The molecule has 1 fully saturated rings. The number of ether oxygens (including phenoxy) is 1. The van der Waals surface area contributed by atoms with Gasteiger partial charge in [0.25, 0.3) is 11.2 Å². The van der Waals surface area contributed by atoms with E-state index in [4.69, 9.17) is 9.72 Å². The first-order valence-corrected chi connectivity index (χ1v) is 15.9. The first kappa shape index (κ1) is 31.3. The van der Waals surface area contributed by atoms with E-state index in [0.29, 0.717) is 62.6 Å². The van der Waals surface area contributed by atoms with Gasteiger partial charge in [-0.05, 0) is 37.1 Å². The summed E-state index contributed by atoms with van der Waals surface area (Å²) >= 11 is 0. The van der Waals surface area contributed by atoms with E-state index in [1.54, 1.807) is 29.8 Å². The molecule has 0 radical (unpaired) electrons. The van der Waals surface area contributed by atoms with Gasteiger partial charge in [-0.1, -0.05) is 25.5 Å². The van der Waals surface area contributed by atoms with Crippen molar-refractivity contribution < 1.29 is 23.2 Å². The van der Waals surface area contributed by atoms with Crippen molar-refractivity contribution in [1.29, 1.82) is 0 Å². The first-order valence-electron chi connectivity index (χ1n) is 14.5. The lowest BCUT2D eigenvalue weighted by Gasteiger charge is -2.33. The lowest BCUT2D eigenvalue weighted by Crippen LogP contribution is -2.49. The third kappa shape index (κ3) is 6.36. The summed E-state index contributed by atoms with van der Waals surface area (Å²) in [5.74, 6) is 0.528. The van der Waals surface area contributed by atoms with E-state index in [9.17, 15) is 28.4 Å². The molecule has 44 heavy (non-hydrogen) atoms. The molecule has 4 aromatic rings. The molecule has 2 aromatic heterocycles. The number of aromatic amines is 1. The van der Waals surface area contributed by atoms with Gasteiger partial charge in [0.1, 0.15) is 17.1 Å². The topological polar surface area (TPSA) is 177 Å². The molecule has 0 aliphatic carbocycles. The number of nitrogens with one attached hydrogen (secondary N) is 1. The molecule has 1 aliphatic rings. The lowest BCUT2D eigenvalue weighted by molar-refractivity contribution is -0.384. The van der Waals surface area contributed by atoms with Gasteiger partial charge < -0.3 is 14.8 Å². The minimum Gasteiger partial charge on any atom is -0.493 e. The number of aliphatic hydroxyl groups is 1. The maximum Gasteiger partial charge on any atom is 0.279 e. The highest BCUT2D eigenvalue weighted by Crippen LogP contribution is 2.32. The van der Waals surface area contributed by atoms with Gasteiger partial charge in [-0.25, -0.2) is 13.4 Å². The van der Waals surface area contributed by atoms with Crippen LogP contribution in [0.25, 0.3) is 22.4 Å². The molecule has 0 amide bonds. The molecule has 0 atom stereocenters. The Labute approximate surface area is 254 Å². The number of aromatic nitrogens is 4. The molecule has 3 heterocycles. The van der Waals surface area contributed by atoms with Gasteiger partial charge in [-0.3, -0.25) is 24.5 Å². The van der Waals surface area contributed by atoms with Crippen LogP contribution >= 0.6 is 0 Å². The lowest BCUT2D eigenvalue weighted by atomic mass is 10.1. The van der Waals surface area contributed by atoms with Crippen molar-refractivity contribution in [3.05, 3.63) is 74.2 Å². The number of non-ortho nitro benzene ring substituents is 1. The van der Waals surface area contributed by atoms with Crippen molar-refractivity contribution in [2.75, 3.05) is 45.9 Å². The first-order chi connectivity index (χ1) is 21.2. The number of aliphatic hydroxyl groups excluding tert-OH is 1. The fourth-order valence-electron chi connectivity index (χ4n) is 5.32. The number of piperazine rings is 1. The fourth-order valence-corrected chi connectivity index (χ4v) is 6.77. The van der Waals surface area contributed by atoms with Crippen LogP contribution in [0.15, 0.2) is 52.2 Å². The molecule has 234 valence electrons. The van der Waals surface area contributed by atoms with Crippen LogP contribution in [0.1, 0.15) is 31.5 Å². The zero-order valence-electron chi connectivity index (χ0n) is 24.6. The number of β-amino-alcohol motifs (C(OH)–C–C–N with tert-alkyl or cyclic N) is 1. The molecular weight excluding hydrogens is 590 g/mol. The van der Waals surface area contributed by atoms with Crippen LogP contribution in [0.5, 0.6) is 5.75 Å². The molecular formula is C29H35N7O7S. The van der Waals surface area contributed by atoms with Crippen molar-refractivity contribution in [3.8, 4) is 17.1 Å². The van der Waals surface area contributed by atoms with Crippen molar-refractivity contribution in [2.24, 2.45) is 0 Å². The second kappa shape index (κ2) is 13.2. The monoisotopic (exact) mass is 625 g/mol. The maximum atomic E-state index is 13.6. The van der Waals surface area contributed by atoms with Crippen molar-refractivity contribution in [3.63, 3.8) is 0 Å². The average molecular weight is 626 g/mol. The summed E-state index contributed by atoms with van der Waals surface area (Å²) in [6, 6.07) is 10.7. The standard InChI is InChI=1S/C29H35N7O7S/c1-3-5-24-26-27(32-35(24)19-20-6-8-21(9-7-20)36(39)40)29(38)31-28(30-26)23-18-22(10-11-25(23)43-4-2)44(41,42)34-14-12-33(13-15-34)16-17-37/h6-11,18,37H,3-5,12-17,19H2,1-2H3,(H,30,31,38). The molecule has 0 unspecified atom stereocenters. The number of aryl methyl sites for hydroxylation is 1. The number of fused-ring (bicyclic) bond motifs is 1. The molecule has 0 bridgehead atoms. The molecule has 14 nitrogen and oxygen atoms in total. The third-order valence-corrected chi connectivity index (χ3v) is 9.45. The average Bonchev–Trinajstić information content (AvgIpc) is 3.35. The summed E-state index contributed by atoms with van der Waals surface area (Å²) in [4.78, 5) is 33.6. The van der Waals surface area contributed by atoms with Gasteiger partial charge >= 0.3 is 0 Å². The highest BCUT2D eigenvalue weighted by molar-refractivity contribution is 7.89. The number of sulfonamides is 1. The molecule has 15 heteroatoms. The maximum absolute atomic E-state index is 13.6. The highest BCUT2D eigenvalue weighted by Gasteiger charge is 2.30. The normalized spacial score (nSPS) is 14.7. The summed E-state index contributed by atoms with van der Waals surface area (Å²) in [6.45, 7) is 6.51. The Morgan fingerprint density at radius 2 is 1.80 bits per heavy atom. The molecule has 5 rings (SSSR count). The minimum atomic E-state index is -3.86. The number of benzene rings is 2. The van der Waals surface area contributed by atoms with Crippen LogP contribution in [0.3, 0.4) is 0 Å². The number of nitro benzene ring substituents is 1. The molecule has 2 N–H and O–H groups in total. The minimum absolute atomic E-state index is 0.0143. The quantitative estimate of drug-likeness (QED) is 0.176. The molecule has 0 saturated carbocycles. The molecule has 2 aromatic carbocycles. The SMILES string of the molecule is CCCc1c2nc(-c3cc(S(=O)(=O)N4CCN(CCO)CC4)ccc3OCC)[nH]c(=O)c2nn1Cc1ccc([N+](=O)[O-])cc1. The molecule has 1 aliphatic heterocycles. The fraction of sp³-hybridized carbons (Fsp3) is 0.414. The highest BCUT2D eigenvalue weighted by atomic mass is 32.2. The second-order valence-electron chi connectivity index (χ2n) is 10.4. The summed E-state index contributed by atoms with van der Waals surface area (Å²) in [5.41, 5.74) is 1.85. The Hall–Kier alpha value is -4.18. The third-order valence-electron chi connectivity index (χ3n) is 7.56. The Morgan fingerprint density at radius 1 is 1.07 bits per heavy atom. The van der Waals surface area contributed by atoms with Crippen LogP contribution < -0.4 is 10.3 Å². The van der Waals surface area contributed by atoms with Gasteiger partial charge in [0.2, 0.25) is 10.0 Å². The van der Waals surface area contributed by atoms with Gasteiger partial charge in [0, 0.05) is 44.9 Å². The van der Waals surface area contributed by atoms with Crippen LogP contribution in [0, 0.1) is 10.1 Å². The van der Waals surface area contributed by atoms with Crippen LogP contribution in [-0.2, 0) is 23.0 Å². The Morgan fingerprint density at radius 3 is 2.43 bits per heavy atom. The van der Waals surface area contributed by atoms with E-state index >= 15 is 0 Å². The van der Waals surface area contributed by atoms with E-state index in [1.165, 1.54) is 28.6 Å². The van der Waals surface area contributed by atoms with E-state index in [1.807, 2.05) is 11.8 Å². The van der Waals surface area contributed by atoms with Crippen molar-refractivity contribution >= 4 is 26.7 Å².